The van der Waals surface area contributed by atoms with Gasteiger partial charge in [0, 0.05) is 12.1 Å². The molecule has 3 heteroatoms. The molecule has 0 unspecified atom stereocenters. The van der Waals surface area contributed by atoms with E-state index < -0.39 is 0 Å². The maximum atomic E-state index is 3.73. The zero-order chi connectivity index (χ0) is 12.3. The van der Waals surface area contributed by atoms with Crippen LogP contribution in [-0.4, -0.2) is 62.7 Å². The molecular weight excluding hydrogens is 210 g/mol. The molecule has 0 aromatic carbocycles. The highest BCUT2D eigenvalue weighted by molar-refractivity contribution is 4.97. The van der Waals surface area contributed by atoms with E-state index in [1.807, 2.05) is 0 Å². The highest BCUT2D eigenvalue weighted by atomic mass is 15.2. The maximum Gasteiger partial charge on any atom is 0.0327 e. The Kier molecular flexibility index (Phi) is 4.45. The van der Waals surface area contributed by atoms with E-state index in [-0.39, 0.29) is 0 Å². The van der Waals surface area contributed by atoms with Gasteiger partial charge in [-0.15, -0.1) is 0 Å². The number of hydrogen-bond donors (Lipinski definition) is 1. The fourth-order valence-corrected chi connectivity index (χ4v) is 3.14. The summed E-state index contributed by atoms with van der Waals surface area (Å²) >= 11 is 0. The summed E-state index contributed by atoms with van der Waals surface area (Å²) in [6.45, 7) is 4.98. The number of likely N-dealkylation sites (N-methyl/N-ethyl adjacent to an activating group) is 1. The lowest BCUT2D eigenvalue weighted by Gasteiger charge is -2.48. The van der Waals surface area contributed by atoms with Gasteiger partial charge in [0.25, 0.3) is 0 Å². The van der Waals surface area contributed by atoms with Gasteiger partial charge in [-0.25, -0.2) is 0 Å². The van der Waals surface area contributed by atoms with Gasteiger partial charge in [0.2, 0.25) is 0 Å². The van der Waals surface area contributed by atoms with E-state index in [1.54, 1.807) is 0 Å². The summed E-state index contributed by atoms with van der Waals surface area (Å²) in [4.78, 5) is 4.88. The van der Waals surface area contributed by atoms with Crippen molar-refractivity contribution in [3.63, 3.8) is 0 Å². The first kappa shape index (κ1) is 13.3. The predicted molar refractivity (Wildman–Crippen MR) is 73.4 cm³/mol. The van der Waals surface area contributed by atoms with Crippen molar-refractivity contribution in [2.75, 3.05) is 47.3 Å². The highest BCUT2D eigenvalue weighted by Crippen LogP contribution is 2.35. The molecule has 0 radical (unpaired) electrons. The minimum atomic E-state index is 0.478. The minimum Gasteiger partial charge on any atom is -0.315 e. The van der Waals surface area contributed by atoms with Crippen molar-refractivity contribution in [3.8, 4) is 0 Å². The van der Waals surface area contributed by atoms with E-state index in [4.69, 9.17) is 0 Å². The van der Waals surface area contributed by atoms with Gasteiger partial charge in [0.05, 0.1) is 0 Å². The van der Waals surface area contributed by atoms with E-state index in [1.165, 1.54) is 58.3 Å². The third-order valence-corrected chi connectivity index (χ3v) is 4.96. The standard InChI is InChI=1S/C14H29N3/c1-16(2)14(7-4-8-14)12-15-11-13-5-9-17(3)10-6-13/h13,15H,4-12H2,1-3H3. The molecule has 100 valence electrons. The first-order valence-corrected chi connectivity index (χ1v) is 7.19. The number of hydrogen-bond acceptors (Lipinski definition) is 3. The van der Waals surface area contributed by atoms with Gasteiger partial charge < -0.3 is 15.1 Å². The lowest BCUT2D eigenvalue weighted by Crippen LogP contribution is -2.57. The first-order valence-electron chi connectivity index (χ1n) is 7.19. The van der Waals surface area contributed by atoms with Crippen LogP contribution in [0, 0.1) is 5.92 Å². The molecule has 17 heavy (non-hydrogen) atoms. The number of rotatable bonds is 5. The minimum absolute atomic E-state index is 0.478. The Morgan fingerprint density at radius 3 is 2.35 bits per heavy atom. The second-order valence-electron chi connectivity index (χ2n) is 6.35. The zero-order valence-corrected chi connectivity index (χ0v) is 11.8. The van der Waals surface area contributed by atoms with Gasteiger partial charge in [-0.1, -0.05) is 0 Å². The Hall–Kier alpha value is -0.120. The fourth-order valence-electron chi connectivity index (χ4n) is 3.14. The summed E-state index contributed by atoms with van der Waals surface area (Å²) in [6.07, 6.45) is 6.91. The van der Waals surface area contributed by atoms with Crippen molar-refractivity contribution in [2.45, 2.75) is 37.6 Å². The molecule has 0 spiro atoms. The monoisotopic (exact) mass is 239 g/mol. The topological polar surface area (TPSA) is 18.5 Å². The van der Waals surface area contributed by atoms with Crippen LogP contribution in [-0.2, 0) is 0 Å². The van der Waals surface area contributed by atoms with Crippen LogP contribution < -0.4 is 5.32 Å². The van der Waals surface area contributed by atoms with E-state index in [0.717, 1.165) is 5.92 Å². The average molecular weight is 239 g/mol. The van der Waals surface area contributed by atoms with Crippen LogP contribution in [0.15, 0.2) is 0 Å². The smallest absolute Gasteiger partial charge is 0.0327 e. The predicted octanol–water partition coefficient (Wildman–Crippen LogP) is 1.40. The largest absolute Gasteiger partial charge is 0.315 e. The van der Waals surface area contributed by atoms with Crippen molar-refractivity contribution in [3.05, 3.63) is 0 Å². The summed E-state index contributed by atoms with van der Waals surface area (Å²) in [5.74, 6) is 0.908. The van der Waals surface area contributed by atoms with Crippen LogP contribution in [0.3, 0.4) is 0 Å². The fraction of sp³-hybridized carbons (Fsp3) is 1.00. The quantitative estimate of drug-likeness (QED) is 0.782. The number of likely N-dealkylation sites (tertiary alicyclic amines) is 1. The molecule has 3 nitrogen and oxygen atoms in total. The molecule has 1 aliphatic carbocycles. The third-order valence-electron chi connectivity index (χ3n) is 4.96. The molecular formula is C14H29N3. The number of nitrogens with one attached hydrogen (secondary N) is 1. The number of nitrogens with zero attached hydrogens (tertiary/aromatic N) is 2. The highest BCUT2D eigenvalue weighted by Gasteiger charge is 2.38. The maximum absolute atomic E-state index is 3.73. The van der Waals surface area contributed by atoms with Gasteiger partial charge in [0.15, 0.2) is 0 Å². The van der Waals surface area contributed by atoms with E-state index in [2.05, 4.69) is 36.3 Å². The van der Waals surface area contributed by atoms with E-state index >= 15 is 0 Å². The summed E-state index contributed by atoms with van der Waals surface area (Å²) in [7, 11) is 6.70. The van der Waals surface area contributed by atoms with E-state index in [0.29, 0.717) is 5.54 Å². The normalized spacial score (nSPS) is 26.1. The van der Waals surface area contributed by atoms with E-state index in [9.17, 15) is 0 Å². The molecule has 0 aromatic heterocycles. The SMILES string of the molecule is CN1CCC(CNCC2(N(C)C)CCC2)CC1. The molecule has 0 aromatic rings. The van der Waals surface area contributed by atoms with Crippen LogP contribution in [0.5, 0.6) is 0 Å². The van der Waals surface area contributed by atoms with Crippen molar-refractivity contribution >= 4 is 0 Å². The molecule has 1 heterocycles. The molecule has 0 atom stereocenters. The van der Waals surface area contributed by atoms with Crippen molar-refractivity contribution in [1.82, 2.24) is 15.1 Å². The Balaban J connectivity index is 1.65. The molecule has 1 saturated carbocycles. The van der Waals surface area contributed by atoms with Crippen molar-refractivity contribution in [2.24, 2.45) is 5.92 Å². The van der Waals surface area contributed by atoms with Crippen molar-refractivity contribution < 1.29 is 0 Å². The molecule has 0 amide bonds. The first-order chi connectivity index (χ1) is 8.12. The Morgan fingerprint density at radius 2 is 1.88 bits per heavy atom. The Bertz CT molecular complexity index is 228. The van der Waals surface area contributed by atoms with Crippen molar-refractivity contribution in [1.29, 1.82) is 0 Å². The van der Waals surface area contributed by atoms with Gasteiger partial charge in [-0.3, -0.25) is 0 Å². The summed E-state index contributed by atoms with van der Waals surface area (Å²) in [5, 5.41) is 3.73. The lowest BCUT2D eigenvalue weighted by atomic mass is 9.75. The Labute approximate surface area is 107 Å². The van der Waals surface area contributed by atoms with Gasteiger partial charge >= 0.3 is 0 Å². The average Bonchev–Trinajstić information content (AvgIpc) is 2.24. The second-order valence-corrected chi connectivity index (χ2v) is 6.35. The molecule has 0 bridgehead atoms. The molecule has 2 fully saturated rings. The molecule has 1 saturated heterocycles. The third kappa shape index (κ3) is 3.21. The summed E-state index contributed by atoms with van der Waals surface area (Å²) in [6, 6.07) is 0. The Morgan fingerprint density at radius 1 is 1.24 bits per heavy atom. The van der Waals surface area contributed by atoms with Crippen LogP contribution in [0.25, 0.3) is 0 Å². The molecule has 1 N–H and O–H groups in total. The van der Waals surface area contributed by atoms with Gasteiger partial charge in [-0.05, 0) is 78.8 Å². The van der Waals surface area contributed by atoms with Crippen LogP contribution >= 0.6 is 0 Å². The van der Waals surface area contributed by atoms with Gasteiger partial charge in [-0.2, -0.15) is 0 Å². The zero-order valence-electron chi connectivity index (χ0n) is 11.8. The molecule has 2 rings (SSSR count). The second kappa shape index (κ2) is 5.68. The molecule has 2 aliphatic rings. The summed E-state index contributed by atoms with van der Waals surface area (Å²) in [5.41, 5.74) is 0.478. The van der Waals surface area contributed by atoms with Crippen LogP contribution in [0.4, 0.5) is 0 Å². The lowest BCUT2D eigenvalue weighted by molar-refractivity contribution is 0.0581. The van der Waals surface area contributed by atoms with Gasteiger partial charge in [0.1, 0.15) is 0 Å². The molecule has 1 aliphatic heterocycles. The number of piperidine rings is 1. The van der Waals surface area contributed by atoms with Crippen LogP contribution in [0.2, 0.25) is 0 Å². The van der Waals surface area contributed by atoms with Crippen LogP contribution in [0.1, 0.15) is 32.1 Å². The summed E-state index contributed by atoms with van der Waals surface area (Å²) < 4.78 is 0.